The lowest BCUT2D eigenvalue weighted by molar-refractivity contribution is -0.122. The predicted octanol–water partition coefficient (Wildman–Crippen LogP) is 2.04. The zero-order valence-electron chi connectivity index (χ0n) is 13.8. The fourth-order valence-corrected chi connectivity index (χ4v) is 2.95. The van der Waals surface area contributed by atoms with Crippen LogP contribution in [0.25, 0.3) is 6.08 Å². The van der Waals surface area contributed by atoms with E-state index < -0.39 is 17.8 Å². The van der Waals surface area contributed by atoms with Crippen LogP contribution in [0.4, 0.5) is 5.69 Å². The molecule has 3 rings (SSSR count). The van der Waals surface area contributed by atoms with E-state index in [2.05, 4.69) is 5.32 Å². The molecule has 0 spiro atoms. The van der Waals surface area contributed by atoms with Crippen LogP contribution in [0.1, 0.15) is 23.0 Å². The average Bonchev–Trinajstić information content (AvgIpc) is 3.06. The van der Waals surface area contributed by atoms with Gasteiger partial charge in [0.05, 0.1) is 11.3 Å². The Kier molecular flexibility index (Phi) is 4.68. The van der Waals surface area contributed by atoms with E-state index in [1.165, 1.54) is 24.3 Å². The SMILES string of the molecule is CCn1cccc1C=C1C(=O)NC(=S)N(c2cccc(C(=O)O)c2)C1=O. The molecule has 2 N–H and O–H groups in total. The number of aromatic nitrogens is 1. The number of carbonyl (C=O) groups excluding carboxylic acids is 2. The molecule has 1 aromatic carbocycles. The van der Waals surface area contributed by atoms with Gasteiger partial charge in [-0.3, -0.25) is 19.8 Å². The van der Waals surface area contributed by atoms with E-state index in [9.17, 15) is 14.4 Å². The third-order valence-corrected chi connectivity index (χ3v) is 4.24. The normalized spacial score (nSPS) is 16.1. The van der Waals surface area contributed by atoms with Crippen LogP contribution in [0.3, 0.4) is 0 Å². The van der Waals surface area contributed by atoms with Gasteiger partial charge in [0.1, 0.15) is 5.57 Å². The van der Waals surface area contributed by atoms with Gasteiger partial charge in [-0.05, 0) is 55.5 Å². The number of thiocarbonyl (C=S) groups is 1. The van der Waals surface area contributed by atoms with Crippen molar-refractivity contribution in [3.05, 3.63) is 59.4 Å². The number of hydrogen-bond acceptors (Lipinski definition) is 4. The maximum Gasteiger partial charge on any atom is 0.335 e. The van der Waals surface area contributed by atoms with Crippen molar-refractivity contribution in [1.82, 2.24) is 9.88 Å². The summed E-state index contributed by atoms with van der Waals surface area (Å²) in [6.45, 7) is 2.63. The van der Waals surface area contributed by atoms with Crippen LogP contribution >= 0.6 is 12.2 Å². The number of aromatic carboxylic acids is 1. The summed E-state index contributed by atoms with van der Waals surface area (Å²) in [6, 6.07) is 9.42. The Morgan fingerprint density at radius 2 is 2.04 bits per heavy atom. The smallest absolute Gasteiger partial charge is 0.335 e. The summed E-state index contributed by atoms with van der Waals surface area (Å²) in [7, 11) is 0. The van der Waals surface area contributed by atoms with Gasteiger partial charge in [0, 0.05) is 18.4 Å². The molecule has 2 heterocycles. The molecule has 7 nitrogen and oxygen atoms in total. The number of nitrogens with zero attached hydrogens (tertiary/aromatic N) is 2. The second-order valence-electron chi connectivity index (χ2n) is 5.53. The third kappa shape index (κ3) is 3.14. The minimum absolute atomic E-state index is 0.0142. The minimum Gasteiger partial charge on any atom is -0.478 e. The number of carboxylic acids is 1. The van der Waals surface area contributed by atoms with Crippen LogP contribution in [0, 0.1) is 0 Å². The van der Waals surface area contributed by atoms with Crippen molar-refractivity contribution in [2.45, 2.75) is 13.5 Å². The minimum atomic E-state index is -1.12. The molecule has 0 unspecified atom stereocenters. The van der Waals surface area contributed by atoms with Gasteiger partial charge >= 0.3 is 5.97 Å². The van der Waals surface area contributed by atoms with Crippen molar-refractivity contribution in [2.75, 3.05) is 4.90 Å². The summed E-state index contributed by atoms with van der Waals surface area (Å²) in [4.78, 5) is 37.5. The molecule has 2 aromatic rings. The second-order valence-corrected chi connectivity index (χ2v) is 5.92. The van der Waals surface area contributed by atoms with Gasteiger partial charge in [0.25, 0.3) is 11.8 Å². The largest absolute Gasteiger partial charge is 0.478 e. The van der Waals surface area contributed by atoms with E-state index in [1.807, 2.05) is 23.8 Å². The summed E-state index contributed by atoms with van der Waals surface area (Å²) in [5.74, 6) is -2.32. The number of aryl methyl sites for hydroxylation is 1. The van der Waals surface area contributed by atoms with Crippen molar-refractivity contribution in [1.29, 1.82) is 0 Å². The van der Waals surface area contributed by atoms with Crippen molar-refractivity contribution in [3.8, 4) is 0 Å². The number of hydrogen-bond donors (Lipinski definition) is 2. The van der Waals surface area contributed by atoms with Crippen LogP contribution in [0.5, 0.6) is 0 Å². The average molecular weight is 369 g/mol. The summed E-state index contributed by atoms with van der Waals surface area (Å²) >= 11 is 5.12. The fraction of sp³-hybridized carbons (Fsp3) is 0.111. The molecule has 132 valence electrons. The summed E-state index contributed by atoms with van der Waals surface area (Å²) < 4.78 is 1.88. The molecule has 0 bridgehead atoms. The van der Waals surface area contributed by atoms with E-state index in [0.717, 1.165) is 4.90 Å². The van der Waals surface area contributed by atoms with Gasteiger partial charge < -0.3 is 9.67 Å². The number of rotatable bonds is 4. The first kappa shape index (κ1) is 17.6. The summed E-state index contributed by atoms with van der Waals surface area (Å²) in [6.07, 6.45) is 3.34. The monoisotopic (exact) mass is 369 g/mol. The molecule has 1 aliphatic rings. The maximum absolute atomic E-state index is 12.9. The van der Waals surface area contributed by atoms with Gasteiger partial charge in [-0.15, -0.1) is 0 Å². The Morgan fingerprint density at radius 1 is 1.27 bits per heavy atom. The lowest BCUT2D eigenvalue weighted by atomic mass is 10.1. The Hall–Kier alpha value is -3.26. The van der Waals surface area contributed by atoms with E-state index in [1.54, 1.807) is 12.1 Å². The first-order valence-corrected chi connectivity index (χ1v) is 8.23. The van der Waals surface area contributed by atoms with Crippen molar-refractivity contribution < 1.29 is 19.5 Å². The number of nitrogens with one attached hydrogen (secondary N) is 1. The highest BCUT2D eigenvalue weighted by atomic mass is 32.1. The molecule has 1 saturated heterocycles. The van der Waals surface area contributed by atoms with Crippen molar-refractivity contribution >= 4 is 46.9 Å². The molecule has 8 heteroatoms. The molecular formula is C18H15N3O4S. The van der Waals surface area contributed by atoms with Crippen molar-refractivity contribution in [2.24, 2.45) is 0 Å². The highest BCUT2D eigenvalue weighted by Gasteiger charge is 2.34. The Bertz CT molecular complexity index is 961. The van der Waals surface area contributed by atoms with Gasteiger partial charge in [0.15, 0.2) is 5.11 Å². The topological polar surface area (TPSA) is 91.6 Å². The van der Waals surface area contributed by atoms with Crippen molar-refractivity contribution in [3.63, 3.8) is 0 Å². The van der Waals surface area contributed by atoms with Gasteiger partial charge in [0.2, 0.25) is 0 Å². The Morgan fingerprint density at radius 3 is 2.73 bits per heavy atom. The number of benzene rings is 1. The molecule has 26 heavy (non-hydrogen) atoms. The quantitative estimate of drug-likeness (QED) is 0.489. The molecule has 1 aliphatic heterocycles. The molecule has 0 atom stereocenters. The number of carbonyl (C=O) groups is 3. The fourth-order valence-electron chi connectivity index (χ4n) is 2.66. The zero-order chi connectivity index (χ0) is 18.8. The zero-order valence-corrected chi connectivity index (χ0v) is 14.6. The highest BCUT2D eigenvalue weighted by Crippen LogP contribution is 2.23. The Labute approximate surface area is 154 Å². The Balaban J connectivity index is 2.04. The van der Waals surface area contributed by atoms with Gasteiger partial charge in [-0.1, -0.05) is 6.07 Å². The first-order chi connectivity index (χ1) is 12.4. The molecule has 2 amide bonds. The van der Waals surface area contributed by atoms with E-state index in [0.29, 0.717) is 12.2 Å². The molecule has 1 fully saturated rings. The maximum atomic E-state index is 12.9. The predicted molar refractivity (Wildman–Crippen MR) is 99.7 cm³/mol. The number of amides is 2. The summed E-state index contributed by atoms with van der Waals surface area (Å²) in [5, 5.41) is 11.5. The molecule has 0 saturated carbocycles. The lowest BCUT2D eigenvalue weighted by Gasteiger charge is -2.29. The van der Waals surface area contributed by atoms with Crippen LogP contribution in [0.15, 0.2) is 48.2 Å². The van der Waals surface area contributed by atoms with Gasteiger partial charge in [-0.25, -0.2) is 4.79 Å². The van der Waals surface area contributed by atoms with Crippen LogP contribution in [-0.4, -0.2) is 32.6 Å². The second kappa shape index (κ2) is 6.93. The lowest BCUT2D eigenvalue weighted by Crippen LogP contribution is -2.54. The summed E-state index contributed by atoms with van der Waals surface area (Å²) in [5.41, 5.74) is 0.919. The molecular weight excluding hydrogens is 354 g/mol. The van der Waals surface area contributed by atoms with E-state index in [4.69, 9.17) is 17.3 Å². The first-order valence-electron chi connectivity index (χ1n) is 7.82. The number of anilines is 1. The van der Waals surface area contributed by atoms with Crippen LogP contribution < -0.4 is 10.2 Å². The number of carboxylic acid groups (broad SMARTS) is 1. The standard InChI is InChI=1S/C18H15N3O4S/c1-2-20-8-4-7-12(20)10-14-15(22)19-18(26)21(16(14)23)13-6-3-5-11(9-13)17(24)25/h3-10H,2H2,1H3,(H,24,25)(H,19,22,26). The molecule has 0 radical (unpaired) electrons. The highest BCUT2D eigenvalue weighted by molar-refractivity contribution is 7.80. The van der Waals surface area contributed by atoms with Crippen LogP contribution in [0.2, 0.25) is 0 Å². The third-order valence-electron chi connectivity index (χ3n) is 3.95. The van der Waals surface area contributed by atoms with Gasteiger partial charge in [-0.2, -0.15) is 0 Å². The van der Waals surface area contributed by atoms with Crippen LogP contribution in [-0.2, 0) is 16.1 Å². The van der Waals surface area contributed by atoms with E-state index >= 15 is 0 Å². The molecule has 1 aromatic heterocycles. The van der Waals surface area contributed by atoms with E-state index in [-0.39, 0.29) is 21.9 Å². The molecule has 0 aliphatic carbocycles.